The molecule has 26 heavy (non-hydrogen) atoms. The van der Waals surface area contributed by atoms with Crippen LogP contribution in [-0.2, 0) is 14.9 Å². The zero-order valence-corrected chi connectivity index (χ0v) is 15.5. The molecule has 2 saturated heterocycles. The molecule has 5 heteroatoms. The molecule has 0 radical (unpaired) electrons. The molecule has 3 aliphatic rings. The van der Waals surface area contributed by atoms with E-state index in [0.717, 1.165) is 71.5 Å². The Labute approximate surface area is 155 Å². The maximum Gasteiger partial charge on any atom is 0.233 e. The fourth-order valence-corrected chi connectivity index (χ4v) is 4.57. The number of halogens is 1. The molecule has 2 heterocycles. The molecular weight excluding hydrogens is 331 g/mol. The van der Waals surface area contributed by atoms with Crippen LogP contribution in [0.2, 0.25) is 0 Å². The highest BCUT2D eigenvalue weighted by atomic mass is 19.1. The van der Waals surface area contributed by atoms with E-state index < -0.39 is 5.41 Å². The number of piperidine rings is 1. The summed E-state index contributed by atoms with van der Waals surface area (Å²) in [5.41, 5.74) is 0.00222. The molecule has 3 fully saturated rings. The van der Waals surface area contributed by atoms with Crippen LogP contribution < -0.4 is 0 Å². The maximum absolute atomic E-state index is 14.4. The zero-order chi connectivity index (χ0) is 18.0. The lowest BCUT2D eigenvalue weighted by Crippen LogP contribution is -2.50. The summed E-state index contributed by atoms with van der Waals surface area (Å²) in [6, 6.07) is 7.12. The first-order valence-electron chi connectivity index (χ1n) is 10.1. The summed E-state index contributed by atoms with van der Waals surface area (Å²) in [5.74, 6) is -0.0745. The third-order valence-corrected chi connectivity index (χ3v) is 6.32. The van der Waals surface area contributed by atoms with Gasteiger partial charge in [0.25, 0.3) is 0 Å². The number of carbonyl (C=O) groups excluding carboxylic acids is 1. The molecule has 1 saturated carbocycles. The van der Waals surface area contributed by atoms with E-state index in [-0.39, 0.29) is 11.7 Å². The van der Waals surface area contributed by atoms with Gasteiger partial charge in [-0.3, -0.25) is 9.69 Å². The van der Waals surface area contributed by atoms with Crippen LogP contribution >= 0.6 is 0 Å². The number of amides is 1. The molecule has 1 aliphatic carbocycles. The van der Waals surface area contributed by atoms with E-state index in [9.17, 15) is 9.18 Å². The second-order valence-corrected chi connectivity index (χ2v) is 7.95. The fourth-order valence-electron chi connectivity index (χ4n) is 4.57. The smallest absolute Gasteiger partial charge is 0.233 e. The molecule has 1 atom stereocenters. The summed E-state index contributed by atoms with van der Waals surface area (Å²) in [6.45, 7) is 5.43. The van der Waals surface area contributed by atoms with Crippen molar-refractivity contribution in [3.8, 4) is 0 Å². The Morgan fingerprint density at radius 2 is 1.92 bits per heavy atom. The minimum atomic E-state index is -0.597. The lowest BCUT2D eigenvalue weighted by Gasteiger charge is -2.39. The monoisotopic (exact) mass is 360 g/mol. The maximum atomic E-state index is 14.4. The molecule has 1 amide bonds. The van der Waals surface area contributed by atoms with Crippen molar-refractivity contribution in [1.82, 2.24) is 9.80 Å². The van der Waals surface area contributed by atoms with E-state index in [0.29, 0.717) is 11.6 Å². The lowest BCUT2D eigenvalue weighted by molar-refractivity contribution is -0.138. The standard InChI is InChI=1S/C21H29FN2O2/c22-19-7-2-1-6-18(19)21(9-10-21)20(25)24-11-4-3-5-17(24)8-12-23-13-15-26-16-14-23/h1-2,6-7,17H,3-5,8-16H2. The third-order valence-electron chi connectivity index (χ3n) is 6.32. The summed E-state index contributed by atoms with van der Waals surface area (Å²) in [5, 5.41) is 0. The van der Waals surface area contributed by atoms with E-state index in [4.69, 9.17) is 4.74 Å². The Bertz CT molecular complexity index is 641. The van der Waals surface area contributed by atoms with Crippen LogP contribution in [0.3, 0.4) is 0 Å². The van der Waals surface area contributed by atoms with Crippen molar-refractivity contribution in [3.63, 3.8) is 0 Å². The van der Waals surface area contributed by atoms with Crippen molar-refractivity contribution in [1.29, 1.82) is 0 Å². The van der Waals surface area contributed by atoms with Gasteiger partial charge in [0.15, 0.2) is 0 Å². The van der Waals surface area contributed by atoms with E-state index in [1.165, 1.54) is 12.5 Å². The van der Waals surface area contributed by atoms with Crippen LogP contribution in [0.25, 0.3) is 0 Å². The Kier molecular flexibility index (Phi) is 5.28. The summed E-state index contributed by atoms with van der Waals surface area (Å²) < 4.78 is 19.8. The van der Waals surface area contributed by atoms with Crippen LogP contribution in [0.15, 0.2) is 24.3 Å². The first-order valence-corrected chi connectivity index (χ1v) is 10.1. The molecule has 142 valence electrons. The SMILES string of the molecule is O=C(N1CCCCC1CCN1CCOCC1)C1(c2ccccc2F)CC1. The summed E-state index contributed by atoms with van der Waals surface area (Å²) in [4.78, 5) is 17.9. The molecule has 0 bridgehead atoms. The molecular formula is C21H29FN2O2. The van der Waals surface area contributed by atoms with Gasteiger partial charge in [-0.15, -0.1) is 0 Å². The first-order chi connectivity index (χ1) is 12.7. The van der Waals surface area contributed by atoms with Gasteiger partial charge in [0.2, 0.25) is 5.91 Å². The second kappa shape index (κ2) is 7.65. The van der Waals surface area contributed by atoms with Crippen molar-refractivity contribution in [2.45, 2.75) is 50.0 Å². The van der Waals surface area contributed by atoms with Gasteiger partial charge in [-0.25, -0.2) is 4.39 Å². The molecule has 4 nitrogen and oxygen atoms in total. The van der Waals surface area contributed by atoms with Gasteiger partial charge in [-0.2, -0.15) is 0 Å². The molecule has 0 N–H and O–H groups in total. The van der Waals surface area contributed by atoms with Crippen LogP contribution in [0, 0.1) is 5.82 Å². The number of hydrogen-bond acceptors (Lipinski definition) is 3. The van der Waals surface area contributed by atoms with Crippen LogP contribution in [-0.4, -0.2) is 61.1 Å². The highest BCUT2D eigenvalue weighted by molar-refractivity contribution is 5.91. The summed E-state index contributed by atoms with van der Waals surface area (Å²) >= 11 is 0. The summed E-state index contributed by atoms with van der Waals surface area (Å²) in [7, 11) is 0. The number of carbonyl (C=O) groups is 1. The molecule has 1 unspecified atom stereocenters. The van der Waals surface area contributed by atoms with Gasteiger partial charge in [0, 0.05) is 37.8 Å². The number of morpholine rings is 1. The molecule has 0 aromatic heterocycles. The van der Waals surface area contributed by atoms with E-state index in [2.05, 4.69) is 9.80 Å². The predicted octanol–water partition coefficient (Wildman–Crippen LogP) is 2.96. The Morgan fingerprint density at radius 3 is 2.65 bits per heavy atom. The Hall–Kier alpha value is -1.46. The van der Waals surface area contributed by atoms with Crippen LogP contribution in [0.1, 0.15) is 44.1 Å². The summed E-state index contributed by atoms with van der Waals surface area (Å²) in [6.07, 6.45) is 5.89. The minimum absolute atomic E-state index is 0.161. The van der Waals surface area contributed by atoms with Crippen molar-refractivity contribution in [2.75, 3.05) is 39.4 Å². The first kappa shape index (κ1) is 17.9. The molecule has 1 aromatic carbocycles. The van der Waals surface area contributed by atoms with Crippen molar-refractivity contribution in [2.24, 2.45) is 0 Å². The lowest BCUT2D eigenvalue weighted by atomic mass is 9.90. The highest BCUT2D eigenvalue weighted by Crippen LogP contribution is 2.51. The molecule has 2 aliphatic heterocycles. The number of ether oxygens (including phenoxy) is 1. The van der Waals surface area contributed by atoms with Gasteiger partial charge in [-0.1, -0.05) is 18.2 Å². The number of likely N-dealkylation sites (tertiary alicyclic amines) is 1. The molecule has 0 spiro atoms. The van der Waals surface area contributed by atoms with Gasteiger partial charge in [0.05, 0.1) is 18.6 Å². The minimum Gasteiger partial charge on any atom is -0.379 e. The fraction of sp³-hybridized carbons (Fsp3) is 0.667. The average molecular weight is 360 g/mol. The largest absolute Gasteiger partial charge is 0.379 e. The number of hydrogen-bond donors (Lipinski definition) is 0. The van der Waals surface area contributed by atoms with Crippen LogP contribution in [0.4, 0.5) is 4.39 Å². The van der Waals surface area contributed by atoms with E-state index >= 15 is 0 Å². The average Bonchev–Trinajstić information content (AvgIpc) is 3.49. The Morgan fingerprint density at radius 1 is 1.15 bits per heavy atom. The van der Waals surface area contributed by atoms with Gasteiger partial charge < -0.3 is 9.64 Å². The number of nitrogens with zero attached hydrogens (tertiary/aromatic N) is 2. The predicted molar refractivity (Wildman–Crippen MR) is 98.5 cm³/mol. The van der Waals surface area contributed by atoms with Gasteiger partial charge in [-0.05, 0) is 44.6 Å². The Balaban J connectivity index is 1.45. The van der Waals surface area contributed by atoms with Gasteiger partial charge in [0.1, 0.15) is 5.82 Å². The molecule has 4 rings (SSSR count). The second-order valence-electron chi connectivity index (χ2n) is 7.95. The zero-order valence-electron chi connectivity index (χ0n) is 15.5. The van der Waals surface area contributed by atoms with Crippen LogP contribution in [0.5, 0.6) is 0 Å². The van der Waals surface area contributed by atoms with Crippen molar-refractivity contribution >= 4 is 5.91 Å². The van der Waals surface area contributed by atoms with Crippen molar-refractivity contribution in [3.05, 3.63) is 35.6 Å². The van der Waals surface area contributed by atoms with Gasteiger partial charge >= 0.3 is 0 Å². The normalized spacial score (nSPS) is 25.9. The number of benzene rings is 1. The highest BCUT2D eigenvalue weighted by Gasteiger charge is 2.55. The quantitative estimate of drug-likeness (QED) is 0.809. The number of rotatable bonds is 5. The van der Waals surface area contributed by atoms with E-state index in [1.807, 2.05) is 6.07 Å². The van der Waals surface area contributed by atoms with E-state index in [1.54, 1.807) is 12.1 Å². The topological polar surface area (TPSA) is 32.8 Å². The van der Waals surface area contributed by atoms with Crippen molar-refractivity contribution < 1.29 is 13.9 Å². The molecule has 1 aromatic rings. The third kappa shape index (κ3) is 3.52.